The zero-order chi connectivity index (χ0) is 19.6. The van der Waals surface area contributed by atoms with Crippen molar-refractivity contribution >= 4 is 23.2 Å². The van der Waals surface area contributed by atoms with E-state index in [1.54, 1.807) is 5.38 Å². The van der Waals surface area contributed by atoms with Crippen LogP contribution in [0.4, 0.5) is 0 Å². The van der Waals surface area contributed by atoms with E-state index in [1.807, 2.05) is 49.4 Å². The molecular formula is C20H19N3O3S. The van der Waals surface area contributed by atoms with E-state index < -0.39 is 18.5 Å². The number of nitriles is 2. The van der Waals surface area contributed by atoms with Crippen LogP contribution in [-0.4, -0.2) is 36.5 Å². The van der Waals surface area contributed by atoms with Crippen LogP contribution in [-0.2, 0) is 9.53 Å². The summed E-state index contributed by atoms with van der Waals surface area (Å²) in [5.74, 6) is -0.975. The van der Waals surface area contributed by atoms with Crippen molar-refractivity contribution < 1.29 is 14.3 Å². The van der Waals surface area contributed by atoms with Crippen LogP contribution < -0.4 is 0 Å². The van der Waals surface area contributed by atoms with Crippen molar-refractivity contribution in [1.29, 1.82) is 10.5 Å². The van der Waals surface area contributed by atoms with E-state index in [0.717, 1.165) is 16.7 Å². The van der Waals surface area contributed by atoms with E-state index in [4.69, 9.17) is 15.3 Å². The molecule has 0 spiro atoms. The highest BCUT2D eigenvalue weighted by Crippen LogP contribution is 2.29. The third-order valence-corrected chi connectivity index (χ3v) is 4.77. The summed E-state index contributed by atoms with van der Waals surface area (Å²) in [6, 6.07) is 13.6. The van der Waals surface area contributed by atoms with E-state index in [2.05, 4.69) is 0 Å². The van der Waals surface area contributed by atoms with Gasteiger partial charge in [0.2, 0.25) is 0 Å². The lowest BCUT2D eigenvalue weighted by molar-refractivity contribution is -0.134. The first-order valence-corrected chi connectivity index (χ1v) is 9.28. The molecule has 6 nitrogen and oxygen atoms in total. The summed E-state index contributed by atoms with van der Waals surface area (Å²) in [4.78, 5) is 26.5. The maximum atomic E-state index is 12.4. The Morgan fingerprint density at radius 2 is 1.70 bits per heavy atom. The molecule has 1 amide bonds. The van der Waals surface area contributed by atoms with Crippen LogP contribution in [0.1, 0.15) is 28.1 Å². The second-order valence-electron chi connectivity index (χ2n) is 5.80. The number of aryl methyl sites for hydroxylation is 1. The highest BCUT2D eigenvalue weighted by Gasteiger charge is 2.19. The molecule has 1 aromatic carbocycles. The zero-order valence-electron chi connectivity index (χ0n) is 15.0. The number of hydrogen-bond acceptors (Lipinski definition) is 6. The second-order valence-corrected chi connectivity index (χ2v) is 6.72. The molecule has 0 N–H and O–H groups in total. The number of carbonyl (C=O) groups is 2. The Morgan fingerprint density at radius 3 is 2.30 bits per heavy atom. The van der Waals surface area contributed by atoms with Gasteiger partial charge in [0.1, 0.15) is 4.88 Å². The molecule has 0 aliphatic carbocycles. The van der Waals surface area contributed by atoms with Gasteiger partial charge in [-0.3, -0.25) is 4.79 Å². The third-order valence-electron chi connectivity index (χ3n) is 3.88. The molecular weight excluding hydrogens is 362 g/mol. The van der Waals surface area contributed by atoms with Gasteiger partial charge in [-0.1, -0.05) is 29.8 Å². The number of nitrogens with zero attached hydrogens (tertiary/aromatic N) is 3. The van der Waals surface area contributed by atoms with Crippen molar-refractivity contribution in [3.8, 4) is 23.3 Å². The Morgan fingerprint density at radius 1 is 1.07 bits per heavy atom. The first-order chi connectivity index (χ1) is 13.1. The van der Waals surface area contributed by atoms with Crippen LogP contribution in [0.5, 0.6) is 0 Å². The molecule has 2 rings (SSSR count). The molecule has 0 unspecified atom stereocenters. The van der Waals surface area contributed by atoms with Crippen molar-refractivity contribution in [1.82, 2.24) is 4.90 Å². The molecule has 2 aromatic rings. The van der Waals surface area contributed by atoms with Crippen molar-refractivity contribution in [2.75, 3.05) is 19.7 Å². The molecule has 27 heavy (non-hydrogen) atoms. The predicted molar refractivity (Wildman–Crippen MR) is 102 cm³/mol. The van der Waals surface area contributed by atoms with E-state index in [0.29, 0.717) is 4.88 Å². The van der Waals surface area contributed by atoms with E-state index >= 15 is 0 Å². The van der Waals surface area contributed by atoms with Crippen LogP contribution in [0, 0.1) is 29.6 Å². The quantitative estimate of drug-likeness (QED) is 0.652. The molecule has 0 aliphatic rings. The zero-order valence-corrected chi connectivity index (χ0v) is 15.8. The van der Waals surface area contributed by atoms with Gasteiger partial charge in [-0.15, -0.1) is 11.3 Å². The molecule has 0 saturated heterocycles. The first kappa shape index (κ1) is 20.2. The van der Waals surface area contributed by atoms with Gasteiger partial charge in [0.15, 0.2) is 6.61 Å². The molecule has 138 valence electrons. The van der Waals surface area contributed by atoms with Gasteiger partial charge in [-0.2, -0.15) is 10.5 Å². The molecule has 1 aromatic heterocycles. The topological polar surface area (TPSA) is 94.2 Å². The summed E-state index contributed by atoms with van der Waals surface area (Å²) < 4.78 is 5.19. The number of benzene rings is 1. The summed E-state index contributed by atoms with van der Waals surface area (Å²) in [6.07, 6.45) is 0.321. The van der Waals surface area contributed by atoms with Gasteiger partial charge in [0, 0.05) is 18.7 Å². The number of ether oxygens (including phenoxy) is 1. The predicted octanol–water partition coefficient (Wildman–Crippen LogP) is 3.54. The van der Waals surface area contributed by atoms with E-state index in [1.165, 1.54) is 16.2 Å². The molecule has 0 aliphatic heterocycles. The van der Waals surface area contributed by atoms with Gasteiger partial charge >= 0.3 is 5.97 Å². The highest BCUT2D eigenvalue weighted by atomic mass is 32.1. The normalized spacial score (nSPS) is 9.89. The van der Waals surface area contributed by atoms with Crippen LogP contribution in [0.2, 0.25) is 0 Å². The van der Waals surface area contributed by atoms with Gasteiger partial charge < -0.3 is 9.64 Å². The lowest BCUT2D eigenvalue weighted by Gasteiger charge is -2.20. The fourth-order valence-corrected chi connectivity index (χ4v) is 3.25. The molecule has 0 radical (unpaired) electrons. The summed E-state index contributed by atoms with van der Waals surface area (Å²) >= 11 is 1.26. The number of amides is 1. The largest absolute Gasteiger partial charge is 0.451 e. The summed E-state index contributed by atoms with van der Waals surface area (Å²) in [5, 5.41) is 19.2. The summed E-state index contributed by atoms with van der Waals surface area (Å²) in [7, 11) is 0. The SMILES string of the molecule is Cc1ccc(-c2ccsc2C(=O)OCC(=O)N(CCC#N)CCC#N)cc1. The minimum atomic E-state index is -0.561. The average molecular weight is 381 g/mol. The fourth-order valence-electron chi connectivity index (χ4n) is 2.44. The Kier molecular flexibility index (Phi) is 7.54. The smallest absolute Gasteiger partial charge is 0.349 e. The van der Waals surface area contributed by atoms with Gasteiger partial charge in [-0.05, 0) is 23.9 Å². The monoisotopic (exact) mass is 381 g/mol. The van der Waals surface area contributed by atoms with Crippen LogP contribution >= 0.6 is 11.3 Å². The molecule has 0 saturated carbocycles. The van der Waals surface area contributed by atoms with Crippen molar-refractivity contribution in [2.24, 2.45) is 0 Å². The van der Waals surface area contributed by atoms with Crippen molar-refractivity contribution in [3.05, 3.63) is 46.2 Å². The Labute approximate surface area is 162 Å². The molecule has 0 atom stereocenters. The lowest BCUT2D eigenvalue weighted by atomic mass is 10.1. The van der Waals surface area contributed by atoms with Gasteiger partial charge in [0.25, 0.3) is 5.91 Å². The van der Waals surface area contributed by atoms with E-state index in [9.17, 15) is 9.59 Å². The number of thiophene rings is 1. The average Bonchev–Trinajstić information content (AvgIpc) is 3.16. The van der Waals surface area contributed by atoms with Crippen LogP contribution in [0.25, 0.3) is 11.1 Å². The van der Waals surface area contributed by atoms with Gasteiger partial charge in [0.05, 0.1) is 25.0 Å². The Balaban J connectivity index is 2.02. The van der Waals surface area contributed by atoms with E-state index in [-0.39, 0.29) is 25.9 Å². The molecule has 0 fully saturated rings. The molecule has 1 heterocycles. The lowest BCUT2D eigenvalue weighted by Crippen LogP contribution is -2.36. The molecule has 0 bridgehead atoms. The summed E-state index contributed by atoms with van der Waals surface area (Å²) in [5.41, 5.74) is 2.80. The fraction of sp³-hybridized carbons (Fsp3) is 0.300. The van der Waals surface area contributed by atoms with Gasteiger partial charge in [-0.25, -0.2) is 4.79 Å². The van der Waals surface area contributed by atoms with Crippen molar-refractivity contribution in [2.45, 2.75) is 19.8 Å². The van der Waals surface area contributed by atoms with Crippen LogP contribution in [0.3, 0.4) is 0 Å². The number of esters is 1. The maximum absolute atomic E-state index is 12.4. The third kappa shape index (κ3) is 5.67. The number of hydrogen-bond donors (Lipinski definition) is 0. The number of rotatable bonds is 8. The maximum Gasteiger partial charge on any atom is 0.349 e. The Hall–Kier alpha value is -3.16. The molecule has 7 heteroatoms. The van der Waals surface area contributed by atoms with Crippen molar-refractivity contribution in [3.63, 3.8) is 0 Å². The highest BCUT2D eigenvalue weighted by molar-refractivity contribution is 7.12. The standard InChI is InChI=1S/C20H19N3O3S/c1-15-4-6-16(7-5-15)17-8-13-27-19(17)20(25)26-14-18(24)23(11-2-9-21)12-3-10-22/h4-8,13H,2-3,11-12,14H2,1H3. The first-order valence-electron chi connectivity index (χ1n) is 8.40. The minimum Gasteiger partial charge on any atom is -0.451 e. The second kappa shape index (κ2) is 10.1. The van der Waals surface area contributed by atoms with Crippen LogP contribution in [0.15, 0.2) is 35.7 Å². The Bertz CT molecular complexity index is 857. The number of carbonyl (C=O) groups excluding carboxylic acids is 2. The summed E-state index contributed by atoms with van der Waals surface area (Å²) in [6.45, 7) is 1.99. The minimum absolute atomic E-state index is 0.160.